The minimum absolute atomic E-state index is 0. The third-order valence-corrected chi connectivity index (χ3v) is 4.96. The molecule has 0 aliphatic heterocycles. The number of thiophene rings is 1. The molecule has 1 amide bonds. The maximum atomic E-state index is 12.3. The van der Waals surface area contributed by atoms with Crippen LogP contribution in [0.5, 0.6) is 0 Å². The highest BCUT2D eigenvalue weighted by molar-refractivity contribution is 14.0. The first-order valence-electron chi connectivity index (χ1n) is 9.28. The molecule has 0 spiro atoms. The van der Waals surface area contributed by atoms with Crippen LogP contribution in [0.3, 0.4) is 0 Å². The Balaban J connectivity index is 0.00000392. The van der Waals surface area contributed by atoms with Crippen LogP contribution in [0.15, 0.2) is 46.2 Å². The number of guanidine groups is 1. The number of nitrogens with zero attached hydrogens (tertiary/aromatic N) is 3. The van der Waals surface area contributed by atoms with Gasteiger partial charge in [0.2, 0.25) is 5.91 Å². The van der Waals surface area contributed by atoms with E-state index in [0.29, 0.717) is 18.4 Å². The van der Waals surface area contributed by atoms with Crippen LogP contribution < -0.4 is 10.6 Å². The lowest BCUT2D eigenvalue weighted by Crippen LogP contribution is -2.40. The van der Waals surface area contributed by atoms with Crippen molar-refractivity contribution in [1.82, 2.24) is 20.5 Å². The first kappa shape index (κ1) is 24.4. The normalized spacial score (nSPS) is 12.0. The average Bonchev–Trinajstić information content (AvgIpc) is 3.23. The van der Waals surface area contributed by atoms with Crippen LogP contribution in [0, 0.1) is 0 Å². The van der Waals surface area contributed by atoms with Crippen LogP contribution in [0.2, 0.25) is 0 Å². The van der Waals surface area contributed by atoms with Crippen molar-refractivity contribution in [3.63, 3.8) is 0 Å². The quantitative estimate of drug-likeness (QED) is 0.306. The van der Waals surface area contributed by atoms with Crippen LogP contribution in [0.25, 0.3) is 0 Å². The molecule has 0 fully saturated rings. The van der Waals surface area contributed by atoms with Gasteiger partial charge < -0.3 is 15.5 Å². The SMILES string of the molecule is CCNC(=NCC(=O)N(C)CCc1ccccn1)NCC(C)c1ccsc1.I. The molecule has 2 aromatic heterocycles. The number of hydrogen-bond donors (Lipinski definition) is 2. The third kappa shape index (κ3) is 8.55. The van der Waals surface area contributed by atoms with Crippen molar-refractivity contribution in [2.45, 2.75) is 26.2 Å². The lowest BCUT2D eigenvalue weighted by atomic mass is 10.1. The number of halogens is 1. The van der Waals surface area contributed by atoms with Gasteiger partial charge in [-0.25, -0.2) is 4.99 Å². The second-order valence-electron chi connectivity index (χ2n) is 6.42. The van der Waals surface area contributed by atoms with Gasteiger partial charge in [-0.1, -0.05) is 13.0 Å². The summed E-state index contributed by atoms with van der Waals surface area (Å²) in [6.07, 6.45) is 2.51. The van der Waals surface area contributed by atoms with E-state index in [2.05, 4.69) is 44.4 Å². The Morgan fingerprint density at radius 3 is 2.79 bits per heavy atom. The van der Waals surface area contributed by atoms with Crippen molar-refractivity contribution < 1.29 is 4.79 Å². The predicted molar refractivity (Wildman–Crippen MR) is 128 cm³/mol. The molecule has 0 aliphatic rings. The van der Waals surface area contributed by atoms with E-state index in [-0.39, 0.29) is 36.4 Å². The van der Waals surface area contributed by atoms with Gasteiger partial charge in [0.1, 0.15) is 6.54 Å². The molecule has 1 atom stereocenters. The molecule has 1 unspecified atom stereocenters. The van der Waals surface area contributed by atoms with Crippen LogP contribution >= 0.6 is 35.3 Å². The van der Waals surface area contributed by atoms with Crippen LogP contribution in [0.1, 0.15) is 31.0 Å². The van der Waals surface area contributed by atoms with Crippen LogP contribution in [-0.2, 0) is 11.2 Å². The van der Waals surface area contributed by atoms with Crippen LogP contribution in [-0.4, -0.2) is 55.0 Å². The molecule has 8 heteroatoms. The minimum atomic E-state index is -0.00554. The molecule has 0 bridgehead atoms. The Morgan fingerprint density at radius 2 is 2.14 bits per heavy atom. The summed E-state index contributed by atoms with van der Waals surface area (Å²) in [4.78, 5) is 22.8. The fourth-order valence-electron chi connectivity index (χ4n) is 2.49. The molecule has 6 nitrogen and oxygen atoms in total. The maximum absolute atomic E-state index is 12.3. The number of pyridine rings is 1. The fourth-order valence-corrected chi connectivity index (χ4v) is 3.27. The van der Waals surface area contributed by atoms with Gasteiger partial charge in [0.25, 0.3) is 0 Å². The predicted octanol–water partition coefficient (Wildman–Crippen LogP) is 3.12. The number of hydrogen-bond acceptors (Lipinski definition) is 4. The standard InChI is InChI=1S/C20H29N5OS.HI/c1-4-21-20(23-13-16(2)17-9-12-27-15-17)24-14-19(26)25(3)11-8-18-7-5-6-10-22-18;/h5-7,9-10,12,15-16H,4,8,11,13-14H2,1-3H3,(H2,21,23,24);1H. The molecule has 2 rings (SSSR count). The highest BCUT2D eigenvalue weighted by atomic mass is 127. The molecular formula is C20H30IN5OS. The Bertz CT molecular complexity index is 709. The van der Waals surface area contributed by atoms with E-state index in [0.717, 1.165) is 25.2 Å². The molecule has 0 saturated heterocycles. The van der Waals surface area contributed by atoms with Gasteiger partial charge in [0, 0.05) is 45.0 Å². The van der Waals surface area contributed by atoms with Gasteiger partial charge in [0.15, 0.2) is 5.96 Å². The maximum Gasteiger partial charge on any atom is 0.244 e. The summed E-state index contributed by atoms with van der Waals surface area (Å²) >= 11 is 1.70. The zero-order valence-corrected chi connectivity index (χ0v) is 19.9. The molecule has 28 heavy (non-hydrogen) atoms. The summed E-state index contributed by atoms with van der Waals surface area (Å²) in [6.45, 7) is 6.47. The molecule has 2 heterocycles. The number of nitrogens with one attached hydrogen (secondary N) is 2. The topological polar surface area (TPSA) is 69.6 Å². The summed E-state index contributed by atoms with van der Waals surface area (Å²) in [7, 11) is 1.81. The van der Waals surface area contributed by atoms with Crippen molar-refractivity contribution in [3.8, 4) is 0 Å². The third-order valence-electron chi connectivity index (χ3n) is 4.26. The molecule has 2 aromatic rings. The zero-order chi connectivity index (χ0) is 19.5. The van der Waals surface area contributed by atoms with Crippen LogP contribution in [0.4, 0.5) is 0 Å². The number of likely N-dealkylation sites (N-methyl/N-ethyl adjacent to an activating group) is 1. The van der Waals surface area contributed by atoms with Gasteiger partial charge in [-0.05, 0) is 47.4 Å². The molecular weight excluding hydrogens is 485 g/mol. The van der Waals surface area contributed by atoms with Gasteiger partial charge in [-0.2, -0.15) is 11.3 Å². The van der Waals surface area contributed by atoms with Gasteiger partial charge >= 0.3 is 0 Å². The van der Waals surface area contributed by atoms with Crippen molar-refractivity contribution in [2.75, 3.05) is 33.2 Å². The first-order chi connectivity index (χ1) is 13.1. The molecule has 0 aliphatic carbocycles. The average molecular weight is 515 g/mol. The number of aliphatic imine (C=N–C) groups is 1. The summed E-state index contributed by atoms with van der Waals surface area (Å²) in [5.74, 6) is 1.05. The Kier molecular flexibility index (Phi) is 11.7. The van der Waals surface area contributed by atoms with E-state index in [4.69, 9.17) is 0 Å². The van der Waals surface area contributed by atoms with Crippen molar-refractivity contribution in [1.29, 1.82) is 0 Å². The molecule has 0 aromatic carbocycles. The number of carbonyl (C=O) groups excluding carboxylic acids is 1. The van der Waals surface area contributed by atoms with Gasteiger partial charge in [-0.15, -0.1) is 24.0 Å². The summed E-state index contributed by atoms with van der Waals surface area (Å²) < 4.78 is 0. The summed E-state index contributed by atoms with van der Waals surface area (Å²) in [5, 5.41) is 10.8. The summed E-state index contributed by atoms with van der Waals surface area (Å²) in [6, 6.07) is 7.96. The molecule has 2 N–H and O–H groups in total. The second kappa shape index (κ2) is 13.5. The number of carbonyl (C=O) groups is 1. The van der Waals surface area contributed by atoms with Gasteiger partial charge in [0.05, 0.1) is 0 Å². The smallest absolute Gasteiger partial charge is 0.244 e. The second-order valence-corrected chi connectivity index (χ2v) is 7.20. The minimum Gasteiger partial charge on any atom is -0.357 e. The zero-order valence-electron chi connectivity index (χ0n) is 16.7. The van der Waals surface area contributed by atoms with E-state index < -0.39 is 0 Å². The molecule has 0 radical (unpaired) electrons. The number of aromatic nitrogens is 1. The Labute approximate surface area is 188 Å². The molecule has 0 saturated carbocycles. The molecule has 154 valence electrons. The lowest BCUT2D eigenvalue weighted by Gasteiger charge is -2.17. The Morgan fingerprint density at radius 1 is 1.32 bits per heavy atom. The first-order valence-corrected chi connectivity index (χ1v) is 10.2. The van der Waals surface area contributed by atoms with E-state index >= 15 is 0 Å². The lowest BCUT2D eigenvalue weighted by molar-refractivity contribution is -0.128. The highest BCUT2D eigenvalue weighted by Crippen LogP contribution is 2.16. The largest absolute Gasteiger partial charge is 0.357 e. The number of amides is 1. The number of rotatable bonds is 9. The van der Waals surface area contributed by atoms with Crippen molar-refractivity contribution in [3.05, 3.63) is 52.5 Å². The monoisotopic (exact) mass is 515 g/mol. The van der Waals surface area contributed by atoms with Gasteiger partial charge in [-0.3, -0.25) is 9.78 Å². The summed E-state index contributed by atoms with van der Waals surface area (Å²) in [5.41, 5.74) is 2.30. The Hall–Kier alpha value is -1.68. The van der Waals surface area contributed by atoms with Crippen molar-refractivity contribution in [2.24, 2.45) is 4.99 Å². The van der Waals surface area contributed by atoms with E-state index in [1.807, 2.05) is 25.1 Å². The van der Waals surface area contributed by atoms with E-state index in [9.17, 15) is 4.79 Å². The van der Waals surface area contributed by atoms with Crippen molar-refractivity contribution >= 4 is 47.2 Å². The van der Waals surface area contributed by atoms with E-state index in [1.54, 1.807) is 29.5 Å². The van der Waals surface area contributed by atoms with E-state index in [1.165, 1.54) is 5.56 Å². The fraction of sp³-hybridized carbons (Fsp3) is 0.450. The highest BCUT2D eigenvalue weighted by Gasteiger charge is 2.10.